The third-order valence-electron chi connectivity index (χ3n) is 3.11. The number of rotatable bonds is 6. The van der Waals surface area contributed by atoms with Crippen molar-refractivity contribution in [1.82, 2.24) is 10.7 Å². The number of thiocarbonyl (C=S) groups is 1. The quantitative estimate of drug-likeness (QED) is 0.272. The number of carbonyl (C=O) groups is 1. The van der Waals surface area contributed by atoms with E-state index in [9.17, 15) is 4.79 Å². The zero-order valence-corrected chi connectivity index (χ0v) is 14.8. The molecule has 0 aliphatic carbocycles. The van der Waals surface area contributed by atoms with Crippen molar-refractivity contribution in [2.45, 2.75) is 6.92 Å². The summed E-state index contributed by atoms with van der Waals surface area (Å²) in [5, 5.41) is 7.39. The number of nitrogens with zero attached hydrogens (tertiary/aromatic N) is 1. The van der Waals surface area contributed by atoms with Crippen LogP contribution in [0.25, 0.3) is 0 Å². The van der Waals surface area contributed by atoms with Gasteiger partial charge in [-0.05, 0) is 61.1 Å². The highest BCUT2D eigenvalue weighted by Gasteiger charge is 2.08. The molecule has 0 heterocycles. The highest BCUT2D eigenvalue weighted by Crippen LogP contribution is 2.16. The van der Waals surface area contributed by atoms with E-state index in [2.05, 4.69) is 15.8 Å². The van der Waals surface area contributed by atoms with E-state index in [1.54, 1.807) is 55.8 Å². The Bertz CT molecular complexity index is 760. The first-order chi connectivity index (χ1) is 12.1. The van der Waals surface area contributed by atoms with Gasteiger partial charge >= 0.3 is 5.97 Å². The molecule has 0 spiro atoms. The van der Waals surface area contributed by atoms with Crippen molar-refractivity contribution in [3.8, 4) is 11.5 Å². The summed E-state index contributed by atoms with van der Waals surface area (Å²) < 4.78 is 10.4. The lowest BCUT2D eigenvalue weighted by atomic mass is 10.2. The van der Waals surface area contributed by atoms with Crippen molar-refractivity contribution in [3.05, 3.63) is 59.7 Å². The van der Waals surface area contributed by atoms with Gasteiger partial charge in [0.15, 0.2) is 5.11 Å². The topological polar surface area (TPSA) is 72.0 Å². The van der Waals surface area contributed by atoms with Crippen LogP contribution in [0.4, 0.5) is 0 Å². The van der Waals surface area contributed by atoms with Crippen LogP contribution in [0.2, 0.25) is 0 Å². The Labute approximate surface area is 151 Å². The highest BCUT2D eigenvalue weighted by molar-refractivity contribution is 7.80. The molecule has 25 heavy (non-hydrogen) atoms. The number of hydrogen-bond donors (Lipinski definition) is 2. The average Bonchev–Trinajstić information content (AvgIpc) is 2.62. The van der Waals surface area contributed by atoms with Gasteiger partial charge in [-0.1, -0.05) is 12.1 Å². The molecule has 0 aromatic heterocycles. The maximum absolute atomic E-state index is 12.2. The summed E-state index contributed by atoms with van der Waals surface area (Å²) in [7, 11) is 1.57. The predicted octanol–water partition coefficient (Wildman–Crippen LogP) is 2.73. The van der Waals surface area contributed by atoms with Crippen LogP contribution in [0, 0.1) is 0 Å². The molecule has 7 heteroatoms. The van der Waals surface area contributed by atoms with Crippen LogP contribution in [0.1, 0.15) is 22.8 Å². The molecule has 0 fully saturated rings. The summed E-state index contributed by atoms with van der Waals surface area (Å²) in [6.07, 6.45) is 1.59. The van der Waals surface area contributed by atoms with Crippen LogP contribution in [-0.2, 0) is 0 Å². The summed E-state index contributed by atoms with van der Waals surface area (Å²) in [6, 6.07) is 13.7. The molecular weight excluding hydrogens is 338 g/mol. The Hall–Kier alpha value is -2.93. The normalized spacial score (nSPS) is 10.3. The van der Waals surface area contributed by atoms with Gasteiger partial charge in [-0.25, -0.2) is 4.79 Å². The SMILES string of the molecule is CCNC(=S)N/N=C\c1cccc(OC(=O)c2ccc(OC)cc2)c1. The molecule has 2 aromatic carbocycles. The summed E-state index contributed by atoms with van der Waals surface area (Å²) in [5.41, 5.74) is 3.91. The van der Waals surface area contributed by atoms with Gasteiger partial charge in [-0.15, -0.1) is 0 Å². The molecule has 0 aliphatic rings. The molecule has 6 nitrogen and oxygen atoms in total. The minimum atomic E-state index is -0.441. The minimum Gasteiger partial charge on any atom is -0.497 e. The molecule has 0 unspecified atom stereocenters. The molecule has 0 radical (unpaired) electrons. The van der Waals surface area contributed by atoms with Gasteiger partial charge in [0, 0.05) is 6.54 Å². The molecule has 0 aliphatic heterocycles. The van der Waals surface area contributed by atoms with E-state index in [1.165, 1.54) is 0 Å². The molecule has 0 bridgehead atoms. The zero-order valence-electron chi connectivity index (χ0n) is 14.0. The van der Waals surface area contributed by atoms with Gasteiger partial charge < -0.3 is 14.8 Å². The second kappa shape index (κ2) is 9.39. The number of esters is 1. The van der Waals surface area contributed by atoms with Gasteiger partial charge in [0.1, 0.15) is 11.5 Å². The Morgan fingerprint density at radius 3 is 2.64 bits per heavy atom. The molecule has 0 amide bonds. The molecule has 2 aromatic rings. The summed E-state index contributed by atoms with van der Waals surface area (Å²) in [6.45, 7) is 2.66. The average molecular weight is 357 g/mol. The highest BCUT2D eigenvalue weighted by atomic mass is 32.1. The first kappa shape index (κ1) is 18.4. The number of ether oxygens (including phenoxy) is 2. The molecule has 130 valence electrons. The van der Waals surface area contributed by atoms with Crippen molar-refractivity contribution in [3.63, 3.8) is 0 Å². The van der Waals surface area contributed by atoms with Crippen LogP contribution in [0.3, 0.4) is 0 Å². The fourth-order valence-corrected chi connectivity index (χ4v) is 2.11. The third-order valence-corrected chi connectivity index (χ3v) is 3.35. The maximum atomic E-state index is 12.2. The monoisotopic (exact) mass is 357 g/mol. The van der Waals surface area contributed by atoms with E-state index < -0.39 is 5.97 Å². The van der Waals surface area contributed by atoms with E-state index >= 15 is 0 Å². The molecule has 0 atom stereocenters. The second-order valence-corrected chi connectivity index (χ2v) is 5.33. The number of nitrogens with one attached hydrogen (secondary N) is 2. The molecule has 2 N–H and O–H groups in total. The van der Waals surface area contributed by atoms with Gasteiger partial charge in [0.2, 0.25) is 0 Å². The number of benzene rings is 2. The van der Waals surface area contributed by atoms with Gasteiger partial charge in [0.05, 0.1) is 18.9 Å². The Morgan fingerprint density at radius 1 is 1.20 bits per heavy atom. The molecule has 0 saturated carbocycles. The summed E-state index contributed by atoms with van der Waals surface area (Å²) in [5.74, 6) is 0.667. The van der Waals surface area contributed by atoms with Crippen LogP contribution in [0.5, 0.6) is 11.5 Å². The number of carbonyl (C=O) groups excluding carboxylic acids is 1. The minimum absolute atomic E-state index is 0.430. The predicted molar refractivity (Wildman–Crippen MR) is 101 cm³/mol. The lowest BCUT2D eigenvalue weighted by Crippen LogP contribution is -2.31. The van der Waals surface area contributed by atoms with Crippen molar-refractivity contribution in [1.29, 1.82) is 0 Å². The van der Waals surface area contributed by atoms with Crippen LogP contribution >= 0.6 is 12.2 Å². The van der Waals surface area contributed by atoms with Gasteiger partial charge in [-0.3, -0.25) is 5.43 Å². The van der Waals surface area contributed by atoms with Crippen LogP contribution in [-0.4, -0.2) is 31.0 Å². The fraction of sp³-hybridized carbons (Fsp3) is 0.167. The molecule has 0 saturated heterocycles. The van der Waals surface area contributed by atoms with Crippen molar-refractivity contribution >= 4 is 29.5 Å². The first-order valence-electron chi connectivity index (χ1n) is 7.65. The second-order valence-electron chi connectivity index (χ2n) is 4.92. The largest absolute Gasteiger partial charge is 0.497 e. The van der Waals surface area contributed by atoms with Gasteiger partial charge in [-0.2, -0.15) is 5.10 Å². The van der Waals surface area contributed by atoms with Crippen molar-refractivity contribution in [2.24, 2.45) is 5.10 Å². The van der Waals surface area contributed by atoms with Gasteiger partial charge in [0.25, 0.3) is 0 Å². The van der Waals surface area contributed by atoms with Crippen molar-refractivity contribution in [2.75, 3.05) is 13.7 Å². The summed E-state index contributed by atoms with van der Waals surface area (Å²) >= 11 is 5.01. The lowest BCUT2D eigenvalue weighted by Gasteiger charge is -2.06. The third kappa shape index (κ3) is 5.89. The lowest BCUT2D eigenvalue weighted by molar-refractivity contribution is 0.0735. The number of hydrogen-bond acceptors (Lipinski definition) is 5. The Balaban J connectivity index is 1.99. The van der Waals surface area contributed by atoms with E-state index in [1.807, 2.05) is 13.0 Å². The Morgan fingerprint density at radius 2 is 1.96 bits per heavy atom. The van der Waals surface area contributed by atoms with E-state index in [0.29, 0.717) is 22.2 Å². The van der Waals surface area contributed by atoms with Crippen LogP contribution < -0.4 is 20.2 Å². The smallest absolute Gasteiger partial charge is 0.343 e. The first-order valence-corrected chi connectivity index (χ1v) is 8.06. The standard InChI is InChI=1S/C18H19N3O3S/c1-3-19-18(25)21-20-12-13-5-4-6-16(11-13)24-17(22)14-7-9-15(23-2)10-8-14/h4-12H,3H2,1-2H3,(H2,19,21,25)/b20-12-. The summed E-state index contributed by atoms with van der Waals surface area (Å²) in [4.78, 5) is 12.2. The maximum Gasteiger partial charge on any atom is 0.343 e. The fourth-order valence-electron chi connectivity index (χ4n) is 1.92. The van der Waals surface area contributed by atoms with E-state index in [-0.39, 0.29) is 0 Å². The van der Waals surface area contributed by atoms with E-state index in [0.717, 1.165) is 12.1 Å². The number of methoxy groups -OCH3 is 1. The Kier molecular flexibility index (Phi) is 6.91. The zero-order chi connectivity index (χ0) is 18.1. The van der Waals surface area contributed by atoms with Crippen LogP contribution in [0.15, 0.2) is 53.6 Å². The molecule has 2 rings (SSSR count). The number of hydrazone groups is 1. The van der Waals surface area contributed by atoms with Crippen molar-refractivity contribution < 1.29 is 14.3 Å². The molecular formula is C18H19N3O3S. The van der Waals surface area contributed by atoms with E-state index in [4.69, 9.17) is 21.7 Å².